The summed E-state index contributed by atoms with van der Waals surface area (Å²) < 4.78 is 3.84. The molecule has 0 amide bonds. The van der Waals surface area contributed by atoms with Crippen LogP contribution >= 0.6 is 0 Å². The van der Waals surface area contributed by atoms with Crippen molar-refractivity contribution in [2.45, 2.75) is 0 Å². The lowest BCUT2D eigenvalue weighted by Crippen LogP contribution is -1.89. The molecule has 2 aromatic heterocycles. The standard InChI is InChI=1S/C13H12N3/c1-15-7-3-4-13(15)10-5-6-12-11(8-10)9-16(2)14-12/h3-6,8-9H,1-2H3. The Morgan fingerprint density at radius 1 is 1.19 bits per heavy atom. The molecule has 0 fully saturated rings. The minimum Gasteiger partial charge on any atom is -0.342 e. The molecule has 0 saturated carbocycles. The Kier molecular flexibility index (Phi) is 1.86. The van der Waals surface area contributed by atoms with Gasteiger partial charge in [0, 0.05) is 31.4 Å². The predicted molar refractivity (Wildman–Crippen MR) is 64.0 cm³/mol. The van der Waals surface area contributed by atoms with Crippen molar-refractivity contribution in [1.29, 1.82) is 0 Å². The lowest BCUT2D eigenvalue weighted by Gasteiger charge is -2.02. The Morgan fingerprint density at radius 3 is 2.81 bits per heavy atom. The van der Waals surface area contributed by atoms with Crippen LogP contribution in [0.3, 0.4) is 0 Å². The van der Waals surface area contributed by atoms with Crippen LogP contribution < -0.4 is 0 Å². The van der Waals surface area contributed by atoms with Crippen molar-refractivity contribution in [2.75, 3.05) is 0 Å². The highest BCUT2D eigenvalue weighted by Gasteiger charge is 2.04. The third-order valence-corrected chi connectivity index (χ3v) is 2.79. The minimum absolute atomic E-state index is 1.03. The van der Waals surface area contributed by atoms with Crippen LogP contribution in [0.5, 0.6) is 0 Å². The Balaban J connectivity index is 2.22. The summed E-state index contributed by atoms with van der Waals surface area (Å²) in [5, 5.41) is 5.53. The largest absolute Gasteiger partial charge is 0.342 e. The van der Waals surface area contributed by atoms with Crippen LogP contribution in [-0.2, 0) is 14.1 Å². The SMILES string of the molecule is Cn1cc2cc(-c3cc[c]n3C)ccc2n1. The molecule has 0 atom stereocenters. The highest BCUT2D eigenvalue weighted by Crippen LogP contribution is 2.23. The topological polar surface area (TPSA) is 22.8 Å². The van der Waals surface area contributed by atoms with Crippen LogP contribution in [-0.4, -0.2) is 14.3 Å². The van der Waals surface area contributed by atoms with Crippen molar-refractivity contribution >= 4 is 10.9 Å². The lowest BCUT2D eigenvalue weighted by atomic mass is 10.1. The maximum Gasteiger partial charge on any atom is 0.0923 e. The van der Waals surface area contributed by atoms with Crippen LogP contribution in [0.25, 0.3) is 22.2 Å². The van der Waals surface area contributed by atoms with E-state index in [1.165, 1.54) is 16.6 Å². The fourth-order valence-electron chi connectivity index (χ4n) is 2.01. The fraction of sp³-hybridized carbons (Fsp3) is 0.154. The summed E-state index contributed by atoms with van der Waals surface area (Å²) in [5.74, 6) is 0. The highest BCUT2D eigenvalue weighted by atomic mass is 15.2. The number of nitrogens with zero attached hydrogens (tertiary/aromatic N) is 3. The van der Waals surface area contributed by atoms with Crippen molar-refractivity contribution in [3.05, 3.63) is 42.7 Å². The Labute approximate surface area is 93.9 Å². The summed E-state index contributed by atoms with van der Waals surface area (Å²) in [5.41, 5.74) is 3.40. The van der Waals surface area contributed by atoms with Gasteiger partial charge in [-0.15, -0.1) is 0 Å². The van der Waals surface area contributed by atoms with Gasteiger partial charge in [0.15, 0.2) is 0 Å². The van der Waals surface area contributed by atoms with Gasteiger partial charge in [-0.05, 0) is 29.8 Å². The Bertz CT molecular complexity index is 646. The molecule has 0 bridgehead atoms. The third-order valence-electron chi connectivity index (χ3n) is 2.79. The average Bonchev–Trinajstić information content (AvgIpc) is 2.81. The summed E-state index contributed by atoms with van der Waals surface area (Å²) in [4.78, 5) is 0. The highest BCUT2D eigenvalue weighted by molar-refractivity contribution is 5.83. The zero-order valence-electron chi connectivity index (χ0n) is 9.31. The predicted octanol–water partition coefficient (Wildman–Crippen LogP) is 2.38. The van der Waals surface area contributed by atoms with E-state index in [9.17, 15) is 0 Å². The van der Waals surface area contributed by atoms with Crippen LogP contribution in [0, 0.1) is 6.20 Å². The van der Waals surface area contributed by atoms with E-state index in [4.69, 9.17) is 0 Å². The summed E-state index contributed by atoms with van der Waals surface area (Å²) in [6.45, 7) is 0. The van der Waals surface area contributed by atoms with Gasteiger partial charge >= 0.3 is 0 Å². The maximum absolute atomic E-state index is 4.36. The van der Waals surface area contributed by atoms with Crippen molar-refractivity contribution < 1.29 is 0 Å². The van der Waals surface area contributed by atoms with Crippen molar-refractivity contribution in [3.8, 4) is 11.3 Å². The van der Waals surface area contributed by atoms with E-state index in [0.717, 1.165) is 5.52 Å². The normalized spacial score (nSPS) is 11.1. The fourth-order valence-corrected chi connectivity index (χ4v) is 2.01. The van der Waals surface area contributed by atoms with Crippen molar-refractivity contribution in [3.63, 3.8) is 0 Å². The molecular weight excluding hydrogens is 198 g/mol. The van der Waals surface area contributed by atoms with Crippen LogP contribution in [0.1, 0.15) is 0 Å². The molecule has 3 aromatic rings. The van der Waals surface area contributed by atoms with E-state index < -0.39 is 0 Å². The molecule has 3 heteroatoms. The van der Waals surface area contributed by atoms with Gasteiger partial charge in [-0.1, -0.05) is 6.07 Å². The van der Waals surface area contributed by atoms with Gasteiger partial charge < -0.3 is 4.57 Å². The van der Waals surface area contributed by atoms with Crippen molar-refractivity contribution in [2.24, 2.45) is 14.1 Å². The molecule has 0 spiro atoms. The summed E-state index contributed by atoms with van der Waals surface area (Å²) >= 11 is 0. The minimum atomic E-state index is 1.03. The van der Waals surface area contributed by atoms with Gasteiger partial charge in [0.2, 0.25) is 0 Å². The second-order valence-corrected chi connectivity index (χ2v) is 3.98. The van der Waals surface area contributed by atoms with Gasteiger partial charge in [-0.25, -0.2) is 0 Å². The van der Waals surface area contributed by atoms with E-state index in [2.05, 4.69) is 35.6 Å². The average molecular weight is 210 g/mol. The number of fused-ring (bicyclic) bond motifs is 1. The zero-order valence-corrected chi connectivity index (χ0v) is 9.31. The second kappa shape index (κ2) is 3.23. The molecule has 79 valence electrons. The lowest BCUT2D eigenvalue weighted by molar-refractivity contribution is 0.780. The third kappa shape index (κ3) is 1.33. The number of aryl methyl sites for hydroxylation is 2. The van der Waals surface area contributed by atoms with Gasteiger partial charge in [-0.3, -0.25) is 4.68 Å². The van der Waals surface area contributed by atoms with Gasteiger partial charge in [0.1, 0.15) is 0 Å². The van der Waals surface area contributed by atoms with E-state index in [1.807, 2.05) is 35.6 Å². The molecule has 0 aliphatic heterocycles. The van der Waals surface area contributed by atoms with Crippen LogP contribution in [0.4, 0.5) is 0 Å². The molecule has 0 saturated heterocycles. The van der Waals surface area contributed by atoms with Gasteiger partial charge in [0.25, 0.3) is 0 Å². The molecule has 1 radical (unpaired) electrons. The van der Waals surface area contributed by atoms with E-state index in [0.29, 0.717) is 0 Å². The first-order chi connectivity index (χ1) is 7.74. The quantitative estimate of drug-likeness (QED) is 0.604. The maximum atomic E-state index is 4.36. The molecule has 1 aromatic carbocycles. The second-order valence-electron chi connectivity index (χ2n) is 3.98. The summed E-state index contributed by atoms with van der Waals surface area (Å²) in [6.07, 6.45) is 5.15. The molecule has 0 unspecified atom stereocenters. The molecule has 3 rings (SSSR count). The Hall–Kier alpha value is -2.03. The van der Waals surface area contributed by atoms with Gasteiger partial charge in [-0.2, -0.15) is 5.10 Å². The first-order valence-electron chi connectivity index (χ1n) is 5.21. The number of hydrogen-bond donors (Lipinski definition) is 0. The number of rotatable bonds is 1. The van der Waals surface area contributed by atoms with Crippen LogP contribution in [0.15, 0.2) is 36.5 Å². The number of benzene rings is 1. The molecular formula is C13H12N3. The molecule has 0 aliphatic rings. The number of aromatic nitrogens is 3. The zero-order chi connectivity index (χ0) is 11.1. The summed E-state index contributed by atoms with van der Waals surface area (Å²) in [6, 6.07) is 10.3. The molecule has 2 heterocycles. The first-order valence-corrected chi connectivity index (χ1v) is 5.21. The van der Waals surface area contributed by atoms with Gasteiger partial charge in [0.05, 0.1) is 11.7 Å². The van der Waals surface area contributed by atoms with E-state index in [-0.39, 0.29) is 0 Å². The van der Waals surface area contributed by atoms with Crippen LogP contribution in [0.2, 0.25) is 0 Å². The molecule has 16 heavy (non-hydrogen) atoms. The van der Waals surface area contributed by atoms with E-state index in [1.54, 1.807) is 0 Å². The molecule has 3 nitrogen and oxygen atoms in total. The summed E-state index contributed by atoms with van der Waals surface area (Å²) in [7, 11) is 3.94. The molecule has 0 N–H and O–H groups in total. The van der Waals surface area contributed by atoms with E-state index >= 15 is 0 Å². The Morgan fingerprint density at radius 2 is 2.06 bits per heavy atom. The first kappa shape index (κ1) is 9.21. The number of hydrogen-bond acceptors (Lipinski definition) is 1. The smallest absolute Gasteiger partial charge is 0.0923 e. The monoisotopic (exact) mass is 210 g/mol. The molecule has 0 aliphatic carbocycles. The van der Waals surface area contributed by atoms with Crippen molar-refractivity contribution in [1.82, 2.24) is 14.3 Å².